The van der Waals surface area contributed by atoms with Crippen LogP contribution in [0.1, 0.15) is 10.4 Å². The van der Waals surface area contributed by atoms with E-state index in [1.54, 1.807) is 0 Å². The lowest BCUT2D eigenvalue weighted by Gasteiger charge is -2.15. The Balaban J connectivity index is 2.07. The van der Waals surface area contributed by atoms with Crippen molar-refractivity contribution >= 4 is 23.3 Å². The molecule has 10 heteroatoms. The van der Waals surface area contributed by atoms with Crippen molar-refractivity contribution in [3.63, 3.8) is 0 Å². The number of hydrogen-bond acceptors (Lipinski definition) is 8. The summed E-state index contributed by atoms with van der Waals surface area (Å²) in [6.07, 6.45) is 0. The third-order valence-corrected chi connectivity index (χ3v) is 3.60. The minimum Gasteiger partial charge on any atom is -0.493 e. The summed E-state index contributed by atoms with van der Waals surface area (Å²) in [5.41, 5.74) is 0.0760. The van der Waals surface area contributed by atoms with Crippen molar-refractivity contribution in [1.82, 2.24) is 0 Å². The Morgan fingerprint density at radius 1 is 1.04 bits per heavy atom. The molecule has 28 heavy (non-hydrogen) atoms. The van der Waals surface area contributed by atoms with Crippen LogP contribution in [0.3, 0.4) is 0 Å². The number of benzene rings is 2. The fourth-order valence-electron chi connectivity index (χ4n) is 2.37. The molecule has 0 saturated carbocycles. The number of rotatable bonds is 8. The summed E-state index contributed by atoms with van der Waals surface area (Å²) in [7, 11) is 4.18. The number of amides is 1. The molecule has 2 aromatic carbocycles. The lowest BCUT2D eigenvalue weighted by molar-refractivity contribution is -0.384. The van der Waals surface area contributed by atoms with E-state index in [1.165, 1.54) is 57.7 Å². The van der Waals surface area contributed by atoms with Gasteiger partial charge in [-0.15, -0.1) is 0 Å². The van der Waals surface area contributed by atoms with Crippen LogP contribution in [0.2, 0.25) is 0 Å². The van der Waals surface area contributed by atoms with Crippen LogP contribution >= 0.6 is 0 Å². The molecule has 0 fully saturated rings. The van der Waals surface area contributed by atoms with E-state index in [4.69, 9.17) is 18.9 Å². The van der Waals surface area contributed by atoms with Gasteiger partial charge in [0.15, 0.2) is 18.1 Å². The predicted molar refractivity (Wildman–Crippen MR) is 98.1 cm³/mol. The van der Waals surface area contributed by atoms with Crippen LogP contribution in [0, 0.1) is 10.1 Å². The Morgan fingerprint density at radius 2 is 1.75 bits per heavy atom. The van der Waals surface area contributed by atoms with Gasteiger partial charge in [0.2, 0.25) is 5.75 Å². The first-order valence-corrected chi connectivity index (χ1v) is 7.91. The molecule has 1 N–H and O–H groups in total. The molecule has 0 saturated heterocycles. The molecule has 0 radical (unpaired) electrons. The molecule has 0 unspecified atom stereocenters. The summed E-state index contributed by atoms with van der Waals surface area (Å²) < 4.78 is 20.5. The van der Waals surface area contributed by atoms with Crippen molar-refractivity contribution in [2.75, 3.05) is 33.3 Å². The van der Waals surface area contributed by atoms with E-state index in [9.17, 15) is 19.7 Å². The van der Waals surface area contributed by atoms with Crippen LogP contribution in [0.25, 0.3) is 0 Å². The zero-order valence-electron chi connectivity index (χ0n) is 15.4. The number of carbonyl (C=O) groups excluding carboxylic acids is 2. The number of nitro benzene ring substituents is 1. The number of methoxy groups -OCH3 is 3. The highest BCUT2D eigenvalue weighted by Crippen LogP contribution is 2.39. The highest BCUT2D eigenvalue weighted by molar-refractivity contribution is 5.97. The Hall–Kier alpha value is -3.82. The van der Waals surface area contributed by atoms with E-state index in [0.717, 1.165) is 0 Å². The molecule has 1 amide bonds. The van der Waals surface area contributed by atoms with Gasteiger partial charge in [0, 0.05) is 17.8 Å². The smallest absolute Gasteiger partial charge is 0.342 e. The van der Waals surface area contributed by atoms with Crippen molar-refractivity contribution in [3.8, 4) is 17.2 Å². The van der Waals surface area contributed by atoms with Crippen molar-refractivity contribution < 1.29 is 33.5 Å². The predicted octanol–water partition coefficient (Wildman–Crippen LogP) is 2.42. The first-order chi connectivity index (χ1) is 13.4. The molecule has 10 nitrogen and oxygen atoms in total. The van der Waals surface area contributed by atoms with E-state index in [0.29, 0.717) is 5.75 Å². The van der Waals surface area contributed by atoms with Crippen LogP contribution in [0.5, 0.6) is 17.2 Å². The van der Waals surface area contributed by atoms with E-state index in [1.807, 2.05) is 0 Å². The number of esters is 1. The van der Waals surface area contributed by atoms with Gasteiger partial charge >= 0.3 is 5.97 Å². The fraction of sp³-hybridized carbons (Fsp3) is 0.222. The lowest BCUT2D eigenvalue weighted by Crippen LogP contribution is -2.21. The largest absolute Gasteiger partial charge is 0.493 e. The molecule has 0 spiro atoms. The van der Waals surface area contributed by atoms with Gasteiger partial charge in [0.05, 0.1) is 26.3 Å². The maximum atomic E-state index is 12.3. The van der Waals surface area contributed by atoms with E-state index in [2.05, 4.69) is 5.32 Å². The third kappa shape index (κ3) is 4.67. The van der Waals surface area contributed by atoms with E-state index < -0.39 is 23.4 Å². The number of nitrogens with one attached hydrogen (secondary N) is 1. The number of non-ortho nitro benzene ring substituents is 1. The van der Waals surface area contributed by atoms with Crippen molar-refractivity contribution in [2.45, 2.75) is 0 Å². The molecule has 0 atom stereocenters. The number of anilines is 1. The normalized spacial score (nSPS) is 9.96. The molecule has 2 rings (SSSR count). The van der Waals surface area contributed by atoms with Gasteiger partial charge in [-0.2, -0.15) is 0 Å². The fourth-order valence-corrected chi connectivity index (χ4v) is 2.37. The first-order valence-electron chi connectivity index (χ1n) is 7.91. The highest BCUT2D eigenvalue weighted by atomic mass is 16.6. The number of nitro groups is 1. The molecule has 0 heterocycles. The standard InChI is InChI=1S/C18H18N2O8/c1-25-14-8-7-13(16(26-2)17(14)27-3)18(22)28-10-15(21)19-11-5-4-6-12(9-11)20(23)24/h4-9H,10H2,1-3H3,(H,19,21). The van der Waals surface area contributed by atoms with Crippen LogP contribution < -0.4 is 19.5 Å². The number of hydrogen-bond donors (Lipinski definition) is 1. The molecule has 2 aromatic rings. The van der Waals surface area contributed by atoms with Crippen LogP contribution in [0.15, 0.2) is 36.4 Å². The van der Waals surface area contributed by atoms with Gasteiger partial charge in [-0.25, -0.2) is 4.79 Å². The average Bonchev–Trinajstić information content (AvgIpc) is 2.70. The van der Waals surface area contributed by atoms with E-state index in [-0.39, 0.29) is 28.4 Å². The molecule has 0 aliphatic heterocycles. The zero-order valence-corrected chi connectivity index (χ0v) is 15.4. The summed E-state index contributed by atoms with van der Waals surface area (Å²) in [5.74, 6) is -0.800. The third-order valence-electron chi connectivity index (χ3n) is 3.60. The Kier molecular flexibility index (Phi) is 6.74. The van der Waals surface area contributed by atoms with Crippen molar-refractivity contribution in [2.24, 2.45) is 0 Å². The van der Waals surface area contributed by atoms with Crippen LogP contribution in [-0.4, -0.2) is 44.7 Å². The molecular formula is C18H18N2O8. The lowest BCUT2D eigenvalue weighted by atomic mass is 10.1. The van der Waals surface area contributed by atoms with Gasteiger partial charge in [0.1, 0.15) is 5.56 Å². The summed E-state index contributed by atoms with van der Waals surface area (Å²) in [6, 6.07) is 8.30. The quantitative estimate of drug-likeness (QED) is 0.414. The van der Waals surface area contributed by atoms with Crippen LogP contribution in [0.4, 0.5) is 11.4 Å². The van der Waals surface area contributed by atoms with E-state index >= 15 is 0 Å². The molecular weight excluding hydrogens is 372 g/mol. The summed E-state index contributed by atoms with van der Waals surface area (Å²) in [6.45, 7) is -0.598. The van der Waals surface area contributed by atoms with Gasteiger partial charge in [0.25, 0.3) is 11.6 Å². The maximum Gasteiger partial charge on any atom is 0.342 e. The first kappa shape index (κ1) is 20.5. The van der Waals surface area contributed by atoms with Gasteiger partial charge in [-0.3, -0.25) is 14.9 Å². The SMILES string of the molecule is COc1ccc(C(=O)OCC(=O)Nc2cccc([N+](=O)[O-])c2)c(OC)c1OC. The minimum absolute atomic E-state index is 0.0447. The molecule has 0 aliphatic rings. The maximum absolute atomic E-state index is 12.3. The highest BCUT2D eigenvalue weighted by Gasteiger charge is 2.22. The molecule has 0 bridgehead atoms. The second-order valence-corrected chi connectivity index (χ2v) is 5.31. The van der Waals surface area contributed by atoms with Crippen LogP contribution in [-0.2, 0) is 9.53 Å². The Bertz CT molecular complexity index is 897. The Morgan fingerprint density at radius 3 is 2.36 bits per heavy atom. The monoisotopic (exact) mass is 390 g/mol. The number of carbonyl (C=O) groups is 2. The average molecular weight is 390 g/mol. The molecule has 148 valence electrons. The summed E-state index contributed by atoms with van der Waals surface area (Å²) >= 11 is 0. The second kappa shape index (κ2) is 9.21. The number of nitrogens with zero attached hydrogens (tertiary/aromatic N) is 1. The summed E-state index contributed by atoms with van der Waals surface area (Å²) in [4.78, 5) is 34.5. The van der Waals surface area contributed by atoms with Crippen molar-refractivity contribution in [1.29, 1.82) is 0 Å². The minimum atomic E-state index is -0.813. The summed E-state index contributed by atoms with van der Waals surface area (Å²) in [5, 5.41) is 13.2. The second-order valence-electron chi connectivity index (χ2n) is 5.31. The van der Waals surface area contributed by atoms with Gasteiger partial charge in [-0.1, -0.05) is 6.07 Å². The molecule has 0 aliphatic carbocycles. The number of ether oxygens (including phenoxy) is 4. The van der Waals surface area contributed by atoms with Crippen molar-refractivity contribution in [3.05, 3.63) is 52.1 Å². The zero-order chi connectivity index (χ0) is 20.7. The topological polar surface area (TPSA) is 126 Å². The Labute approximate surface area is 160 Å². The van der Waals surface area contributed by atoms with Gasteiger partial charge in [-0.05, 0) is 18.2 Å². The van der Waals surface area contributed by atoms with Gasteiger partial charge < -0.3 is 24.3 Å². The molecule has 0 aromatic heterocycles.